The van der Waals surface area contributed by atoms with Crippen molar-refractivity contribution in [3.8, 4) is 0 Å². The predicted octanol–water partition coefficient (Wildman–Crippen LogP) is 2.42. The van der Waals surface area contributed by atoms with Gasteiger partial charge in [0.15, 0.2) is 0 Å². The van der Waals surface area contributed by atoms with Gasteiger partial charge in [0.25, 0.3) is 5.69 Å². The van der Waals surface area contributed by atoms with Crippen LogP contribution in [-0.4, -0.2) is 15.6 Å². The van der Waals surface area contributed by atoms with Gasteiger partial charge in [0.05, 0.1) is 15.4 Å². The lowest BCUT2D eigenvalue weighted by Crippen LogP contribution is -2.37. The van der Waals surface area contributed by atoms with E-state index in [0.717, 1.165) is 4.90 Å². The Morgan fingerprint density at radius 3 is 2.75 bits per heavy atom. The van der Waals surface area contributed by atoms with E-state index in [1.165, 1.54) is 23.9 Å². The molecule has 1 aromatic carbocycles. The van der Waals surface area contributed by atoms with Crippen LogP contribution in [0.1, 0.15) is 13.8 Å². The molecule has 0 unspecified atom stereocenters. The van der Waals surface area contributed by atoms with Crippen molar-refractivity contribution in [1.82, 2.24) is 0 Å². The molecule has 1 aromatic rings. The number of rotatable bonds is 1. The third kappa shape index (κ3) is 1.76. The first-order valence-corrected chi connectivity index (χ1v) is 5.51. The van der Waals surface area contributed by atoms with Gasteiger partial charge in [-0.15, -0.1) is 11.8 Å². The molecular formula is C10H10N2O3S. The van der Waals surface area contributed by atoms with E-state index in [1.807, 2.05) is 13.8 Å². The van der Waals surface area contributed by atoms with Crippen LogP contribution in [0.5, 0.6) is 0 Å². The van der Waals surface area contributed by atoms with Crippen LogP contribution < -0.4 is 5.32 Å². The van der Waals surface area contributed by atoms with E-state index in [2.05, 4.69) is 5.32 Å². The second-order valence-electron chi connectivity index (χ2n) is 4.00. The van der Waals surface area contributed by atoms with Gasteiger partial charge in [0.2, 0.25) is 5.91 Å². The Morgan fingerprint density at radius 1 is 1.44 bits per heavy atom. The van der Waals surface area contributed by atoms with Crippen molar-refractivity contribution in [3.63, 3.8) is 0 Å². The number of nitro groups is 1. The Labute approximate surface area is 96.4 Å². The molecule has 0 radical (unpaired) electrons. The summed E-state index contributed by atoms with van der Waals surface area (Å²) in [4.78, 5) is 22.6. The summed E-state index contributed by atoms with van der Waals surface area (Å²) in [6.45, 7) is 3.63. The highest BCUT2D eigenvalue weighted by atomic mass is 32.2. The molecule has 0 bridgehead atoms. The number of amides is 1. The Morgan fingerprint density at radius 2 is 2.12 bits per heavy atom. The second-order valence-corrected chi connectivity index (χ2v) is 5.67. The molecule has 6 heteroatoms. The number of thioether (sulfide) groups is 1. The summed E-state index contributed by atoms with van der Waals surface area (Å²) in [5, 5.41) is 13.3. The summed E-state index contributed by atoms with van der Waals surface area (Å²) in [7, 11) is 0. The molecule has 0 aromatic heterocycles. The molecule has 1 N–H and O–H groups in total. The first-order chi connectivity index (χ1) is 7.40. The van der Waals surface area contributed by atoms with Gasteiger partial charge in [-0.25, -0.2) is 0 Å². The van der Waals surface area contributed by atoms with E-state index in [4.69, 9.17) is 0 Å². The Kier molecular flexibility index (Phi) is 2.38. The van der Waals surface area contributed by atoms with Gasteiger partial charge in [-0.3, -0.25) is 14.9 Å². The first-order valence-electron chi connectivity index (χ1n) is 4.69. The topological polar surface area (TPSA) is 72.2 Å². The van der Waals surface area contributed by atoms with Gasteiger partial charge in [-0.05, 0) is 19.9 Å². The number of nitrogens with one attached hydrogen (secondary N) is 1. The molecule has 0 atom stereocenters. The van der Waals surface area contributed by atoms with Gasteiger partial charge in [-0.1, -0.05) is 0 Å². The fraction of sp³-hybridized carbons (Fsp3) is 0.300. The van der Waals surface area contributed by atoms with Crippen LogP contribution in [0.4, 0.5) is 11.4 Å². The minimum atomic E-state index is -0.539. The van der Waals surface area contributed by atoms with Gasteiger partial charge < -0.3 is 5.32 Å². The molecule has 1 aliphatic rings. The van der Waals surface area contributed by atoms with E-state index < -0.39 is 9.67 Å². The van der Waals surface area contributed by atoms with Gasteiger partial charge in [0, 0.05) is 17.0 Å². The molecule has 0 fully saturated rings. The largest absolute Gasteiger partial charge is 0.324 e. The number of carbonyl (C=O) groups excluding carboxylic acids is 1. The number of hydrogen-bond donors (Lipinski definition) is 1. The average Bonchev–Trinajstić information content (AvgIpc) is 2.18. The number of hydrogen-bond acceptors (Lipinski definition) is 4. The van der Waals surface area contributed by atoms with Crippen LogP contribution >= 0.6 is 11.8 Å². The first kappa shape index (κ1) is 10.9. The normalized spacial score (nSPS) is 17.5. The molecule has 0 saturated heterocycles. The van der Waals surface area contributed by atoms with Crippen molar-refractivity contribution in [3.05, 3.63) is 28.3 Å². The molecule has 84 valence electrons. The van der Waals surface area contributed by atoms with Crippen LogP contribution in [0, 0.1) is 10.1 Å². The molecule has 5 nitrogen and oxygen atoms in total. The maximum absolute atomic E-state index is 11.7. The van der Waals surface area contributed by atoms with E-state index in [9.17, 15) is 14.9 Å². The van der Waals surface area contributed by atoms with Crippen molar-refractivity contribution in [2.24, 2.45) is 0 Å². The summed E-state index contributed by atoms with van der Waals surface area (Å²) in [6, 6.07) is 4.49. The molecular weight excluding hydrogens is 228 g/mol. The number of anilines is 1. The summed E-state index contributed by atoms with van der Waals surface area (Å²) in [6.07, 6.45) is 0. The Hall–Kier alpha value is -1.56. The van der Waals surface area contributed by atoms with E-state index in [1.54, 1.807) is 6.07 Å². The van der Waals surface area contributed by atoms with Crippen molar-refractivity contribution in [2.45, 2.75) is 23.5 Å². The highest BCUT2D eigenvalue weighted by Gasteiger charge is 2.34. The van der Waals surface area contributed by atoms with Gasteiger partial charge in [0.1, 0.15) is 0 Å². The van der Waals surface area contributed by atoms with Crippen molar-refractivity contribution >= 4 is 29.0 Å². The minimum absolute atomic E-state index is 0.0145. The van der Waals surface area contributed by atoms with Gasteiger partial charge >= 0.3 is 0 Å². The number of nitrogens with zero attached hydrogens (tertiary/aromatic N) is 1. The standard InChI is InChI=1S/C10H10N2O3S/c1-10(2)9(13)11-7-5-6(12(14)15)3-4-8(7)16-10/h3-5H,1-2H3,(H,11,13). The van der Waals surface area contributed by atoms with Crippen LogP contribution in [0.2, 0.25) is 0 Å². The molecule has 16 heavy (non-hydrogen) atoms. The van der Waals surface area contributed by atoms with Crippen molar-refractivity contribution in [1.29, 1.82) is 0 Å². The molecule has 0 aliphatic carbocycles. The van der Waals surface area contributed by atoms with E-state index in [-0.39, 0.29) is 11.6 Å². The Balaban J connectivity index is 2.44. The van der Waals surface area contributed by atoms with Crippen LogP contribution in [0.15, 0.2) is 23.1 Å². The minimum Gasteiger partial charge on any atom is -0.324 e. The predicted molar refractivity (Wildman–Crippen MR) is 61.7 cm³/mol. The summed E-state index contributed by atoms with van der Waals surface area (Å²) < 4.78 is -0.539. The number of benzene rings is 1. The Bertz CT molecular complexity index is 485. The van der Waals surface area contributed by atoms with Crippen LogP contribution in [0.25, 0.3) is 0 Å². The van der Waals surface area contributed by atoms with E-state index >= 15 is 0 Å². The van der Waals surface area contributed by atoms with Gasteiger partial charge in [-0.2, -0.15) is 0 Å². The van der Waals surface area contributed by atoms with Crippen LogP contribution in [0.3, 0.4) is 0 Å². The summed E-state index contributed by atoms with van der Waals surface area (Å²) in [5.74, 6) is -0.134. The number of fused-ring (bicyclic) bond motifs is 1. The summed E-state index contributed by atoms with van der Waals surface area (Å²) in [5.41, 5.74) is 0.503. The third-order valence-corrected chi connectivity index (χ3v) is 3.61. The summed E-state index contributed by atoms with van der Waals surface area (Å²) >= 11 is 1.41. The maximum Gasteiger partial charge on any atom is 0.271 e. The molecule has 0 saturated carbocycles. The SMILES string of the molecule is CC1(C)Sc2ccc([N+](=O)[O-])cc2NC1=O. The zero-order valence-corrected chi connectivity index (χ0v) is 9.63. The molecule has 1 amide bonds. The quantitative estimate of drug-likeness (QED) is 0.602. The second kappa shape index (κ2) is 3.48. The number of non-ortho nitro benzene ring substituents is 1. The monoisotopic (exact) mass is 238 g/mol. The molecule has 1 heterocycles. The fourth-order valence-electron chi connectivity index (χ4n) is 1.41. The highest BCUT2D eigenvalue weighted by molar-refractivity contribution is 8.01. The highest BCUT2D eigenvalue weighted by Crippen LogP contribution is 2.43. The zero-order valence-electron chi connectivity index (χ0n) is 8.81. The molecule has 1 aliphatic heterocycles. The lowest BCUT2D eigenvalue weighted by molar-refractivity contribution is -0.384. The lowest BCUT2D eigenvalue weighted by Gasteiger charge is -2.29. The molecule has 2 rings (SSSR count). The molecule has 0 spiro atoms. The fourth-order valence-corrected chi connectivity index (χ4v) is 2.46. The number of carbonyl (C=O) groups is 1. The van der Waals surface area contributed by atoms with E-state index in [0.29, 0.717) is 5.69 Å². The van der Waals surface area contributed by atoms with Crippen molar-refractivity contribution in [2.75, 3.05) is 5.32 Å². The third-order valence-electron chi connectivity index (χ3n) is 2.33. The zero-order chi connectivity index (χ0) is 11.9. The average molecular weight is 238 g/mol. The lowest BCUT2D eigenvalue weighted by atomic mass is 10.1. The smallest absolute Gasteiger partial charge is 0.271 e. The number of nitro benzene ring substituents is 1. The van der Waals surface area contributed by atoms with Crippen LogP contribution in [-0.2, 0) is 4.79 Å². The maximum atomic E-state index is 11.7. The van der Waals surface area contributed by atoms with Crippen molar-refractivity contribution < 1.29 is 9.72 Å².